The van der Waals surface area contributed by atoms with E-state index in [1.54, 1.807) is 6.07 Å². The highest BCUT2D eigenvalue weighted by Crippen LogP contribution is 2.18. The molecule has 1 amide bonds. The van der Waals surface area contributed by atoms with E-state index in [2.05, 4.69) is 4.98 Å². The lowest BCUT2D eigenvalue weighted by Gasteiger charge is -2.06. The molecule has 0 aliphatic carbocycles. The third-order valence-corrected chi connectivity index (χ3v) is 4.80. The zero-order chi connectivity index (χ0) is 14.8. The van der Waals surface area contributed by atoms with Crippen molar-refractivity contribution >= 4 is 27.0 Å². The number of nitrogens with two attached hydrogens (primary N) is 1. The molecule has 6 nitrogen and oxygen atoms in total. The van der Waals surface area contributed by atoms with Crippen molar-refractivity contribution in [2.75, 3.05) is 5.75 Å². The van der Waals surface area contributed by atoms with Crippen molar-refractivity contribution < 1.29 is 13.2 Å². The van der Waals surface area contributed by atoms with Gasteiger partial charge in [0, 0.05) is 5.56 Å². The van der Waals surface area contributed by atoms with Crippen LogP contribution in [0.3, 0.4) is 0 Å². The highest BCUT2D eigenvalue weighted by atomic mass is 32.2. The molecule has 1 heterocycles. The first-order chi connectivity index (χ1) is 9.45. The van der Waals surface area contributed by atoms with Crippen LogP contribution in [0, 0.1) is 0 Å². The Kier molecular flexibility index (Phi) is 4.08. The minimum Gasteiger partial charge on any atom is -0.366 e. The van der Waals surface area contributed by atoms with Gasteiger partial charge in [-0.05, 0) is 24.6 Å². The van der Waals surface area contributed by atoms with Gasteiger partial charge in [0.05, 0.1) is 16.8 Å². The first kappa shape index (κ1) is 14.5. The quantitative estimate of drug-likeness (QED) is 0.817. The van der Waals surface area contributed by atoms with E-state index >= 15 is 0 Å². The molecule has 0 aliphatic rings. The van der Waals surface area contributed by atoms with Crippen molar-refractivity contribution in [1.29, 1.82) is 0 Å². The summed E-state index contributed by atoms with van der Waals surface area (Å²) in [6.07, 6.45) is 3.69. The zero-order valence-electron chi connectivity index (χ0n) is 11.2. The Balaban J connectivity index is 2.43. The summed E-state index contributed by atoms with van der Waals surface area (Å²) in [7, 11) is -3.46. The maximum atomic E-state index is 12.3. The van der Waals surface area contributed by atoms with Crippen LogP contribution in [0.25, 0.3) is 11.0 Å². The molecule has 0 spiro atoms. The fourth-order valence-corrected chi connectivity index (χ4v) is 3.40. The molecule has 2 N–H and O–H groups in total. The molecule has 0 fully saturated rings. The minimum atomic E-state index is -3.46. The number of primary amides is 1. The van der Waals surface area contributed by atoms with Crippen LogP contribution in [0.15, 0.2) is 24.5 Å². The number of nitrogens with zero attached hydrogens (tertiary/aromatic N) is 2. The molecule has 0 aliphatic heterocycles. The Labute approximate surface area is 117 Å². The molecule has 1 aromatic heterocycles. The van der Waals surface area contributed by atoms with Crippen LogP contribution >= 0.6 is 0 Å². The molecular formula is C13H17N3O3S. The second-order valence-electron chi connectivity index (χ2n) is 4.63. The van der Waals surface area contributed by atoms with Crippen molar-refractivity contribution in [2.24, 2.45) is 5.73 Å². The molecular weight excluding hydrogens is 278 g/mol. The van der Waals surface area contributed by atoms with Crippen LogP contribution in [0.4, 0.5) is 0 Å². The van der Waals surface area contributed by atoms with Crippen molar-refractivity contribution in [1.82, 2.24) is 8.96 Å². The van der Waals surface area contributed by atoms with Gasteiger partial charge in [-0.1, -0.05) is 19.8 Å². The third kappa shape index (κ3) is 2.82. The Morgan fingerprint density at radius 1 is 1.35 bits per heavy atom. The number of hydrogen-bond acceptors (Lipinski definition) is 4. The summed E-state index contributed by atoms with van der Waals surface area (Å²) in [6.45, 7) is 2.01. The van der Waals surface area contributed by atoms with Gasteiger partial charge >= 0.3 is 0 Å². The normalized spacial score (nSPS) is 11.8. The number of fused-ring (bicyclic) bond motifs is 1. The van der Waals surface area contributed by atoms with Crippen LogP contribution < -0.4 is 5.73 Å². The molecule has 7 heteroatoms. The topological polar surface area (TPSA) is 95.1 Å². The standard InChI is InChI=1S/C13H17N3O3S/c1-2-3-4-7-20(18,19)16-9-15-11-6-5-10(13(14)17)8-12(11)16/h5-6,8-9H,2-4,7H2,1H3,(H2,14,17). The monoisotopic (exact) mass is 295 g/mol. The Morgan fingerprint density at radius 2 is 2.10 bits per heavy atom. The summed E-state index contributed by atoms with van der Waals surface area (Å²) in [5.41, 5.74) is 6.39. The molecule has 108 valence electrons. The summed E-state index contributed by atoms with van der Waals surface area (Å²) in [5, 5.41) is 0. The number of amides is 1. The second-order valence-corrected chi connectivity index (χ2v) is 6.60. The van der Waals surface area contributed by atoms with Crippen LogP contribution in [0.1, 0.15) is 36.5 Å². The lowest BCUT2D eigenvalue weighted by molar-refractivity contribution is 0.100. The van der Waals surface area contributed by atoms with Crippen molar-refractivity contribution in [3.63, 3.8) is 0 Å². The highest BCUT2D eigenvalue weighted by Gasteiger charge is 2.17. The SMILES string of the molecule is CCCCCS(=O)(=O)n1cnc2ccc(C(N)=O)cc21. The van der Waals surface area contributed by atoms with Gasteiger partial charge in [-0.15, -0.1) is 0 Å². The average Bonchev–Trinajstić information content (AvgIpc) is 2.82. The van der Waals surface area contributed by atoms with E-state index in [4.69, 9.17) is 5.73 Å². The number of carbonyl (C=O) groups is 1. The molecule has 0 unspecified atom stereocenters. The highest BCUT2D eigenvalue weighted by molar-refractivity contribution is 7.90. The summed E-state index contributed by atoms with van der Waals surface area (Å²) >= 11 is 0. The first-order valence-electron chi connectivity index (χ1n) is 6.46. The average molecular weight is 295 g/mol. The smallest absolute Gasteiger partial charge is 0.248 e. The van der Waals surface area contributed by atoms with Crippen LogP contribution in [0.2, 0.25) is 0 Å². The lowest BCUT2D eigenvalue weighted by Crippen LogP contribution is -2.16. The number of hydrogen-bond donors (Lipinski definition) is 1. The largest absolute Gasteiger partial charge is 0.366 e. The molecule has 2 rings (SSSR count). The summed E-state index contributed by atoms with van der Waals surface area (Å²) in [6, 6.07) is 4.58. The fraction of sp³-hybridized carbons (Fsp3) is 0.385. The van der Waals surface area contributed by atoms with E-state index in [0.717, 1.165) is 16.8 Å². The van der Waals surface area contributed by atoms with Crippen LogP contribution in [-0.2, 0) is 10.0 Å². The van der Waals surface area contributed by atoms with E-state index in [1.165, 1.54) is 18.5 Å². The summed E-state index contributed by atoms with van der Waals surface area (Å²) < 4.78 is 25.7. The van der Waals surface area contributed by atoms with Crippen molar-refractivity contribution in [3.05, 3.63) is 30.1 Å². The molecule has 0 saturated carbocycles. The van der Waals surface area contributed by atoms with E-state index < -0.39 is 15.9 Å². The molecule has 0 bridgehead atoms. The van der Waals surface area contributed by atoms with Crippen LogP contribution in [0.5, 0.6) is 0 Å². The van der Waals surface area contributed by atoms with E-state index in [1.807, 2.05) is 6.92 Å². The molecule has 0 atom stereocenters. The third-order valence-electron chi connectivity index (χ3n) is 3.10. The number of aromatic nitrogens is 2. The van der Waals surface area contributed by atoms with Gasteiger partial charge in [-0.25, -0.2) is 17.4 Å². The number of benzene rings is 1. The van der Waals surface area contributed by atoms with Gasteiger partial charge in [-0.3, -0.25) is 4.79 Å². The zero-order valence-corrected chi connectivity index (χ0v) is 12.1. The molecule has 1 aromatic carbocycles. The van der Waals surface area contributed by atoms with Gasteiger partial charge in [0.15, 0.2) is 0 Å². The number of rotatable bonds is 6. The fourth-order valence-electron chi connectivity index (χ4n) is 1.99. The molecule has 0 saturated heterocycles. The Hall–Kier alpha value is -1.89. The Morgan fingerprint density at radius 3 is 2.75 bits per heavy atom. The van der Waals surface area contributed by atoms with E-state index in [0.29, 0.717) is 17.5 Å². The second kappa shape index (κ2) is 5.62. The lowest BCUT2D eigenvalue weighted by atomic mass is 10.2. The predicted octanol–water partition coefficient (Wildman–Crippen LogP) is 1.50. The number of unbranched alkanes of at least 4 members (excludes halogenated alkanes) is 2. The predicted molar refractivity (Wildman–Crippen MR) is 77.0 cm³/mol. The van der Waals surface area contributed by atoms with Gasteiger partial charge in [-0.2, -0.15) is 0 Å². The minimum absolute atomic E-state index is 0.0626. The van der Waals surface area contributed by atoms with Crippen molar-refractivity contribution in [3.8, 4) is 0 Å². The number of imidazole rings is 1. The maximum absolute atomic E-state index is 12.3. The van der Waals surface area contributed by atoms with Crippen molar-refractivity contribution in [2.45, 2.75) is 26.2 Å². The van der Waals surface area contributed by atoms with Crippen LogP contribution in [-0.4, -0.2) is 29.0 Å². The van der Waals surface area contributed by atoms with Gasteiger partial charge in [0.25, 0.3) is 0 Å². The molecule has 0 radical (unpaired) electrons. The Bertz CT molecular complexity index is 734. The summed E-state index contributed by atoms with van der Waals surface area (Å²) in [4.78, 5) is 15.2. The van der Waals surface area contributed by atoms with E-state index in [-0.39, 0.29) is 11.3 Å². The first-order valence-corrected chi connectivity index (χ1v) is 8.07. The van der Waals surface area contributed by atoms with Gasteiger partial charge in [0.1, 0.15) is 6.33 Å². The van der Waals surface area contributed by atoms with Gasteiger partial charge in [0.2, 0.25) is 15.9 Å². The number of carbonyl (C=O) groups excluding carboxylic acids is 1. The molecule has 2 aromatic rings. The van der Waals surface area contributed by atoms with Gasteiger partial charge < -0.3 is 5.73 Å². The maximum Gasteiger partial charge on any atom is 0.248 e. The summed E-state index contributed by atoms with van der Waals surface area (Å²) in [5.74, 6) is -0.532. The van der Waals surface area contributed by atoms with E-state index in [9.17, 15) is 13.2 Å². The molecule has 20 heavy (non-hydrogen) atoms.